The summed E-state index contributed by atoms with van der Waals surface area (Å²) in [6.45, 7) is 1.02. The van der Waals surface area contributed by atoms with Gasteiger partial charge in [-0.05, 0) is 24.3 Å². The molecule has 4 rings (SSSR count). The molecule has 4 nitrogen and oxygen atoms in total. The Morgan fingerprint density at radius 1 is 1.26 bits per heavy atom. The van der Waals surface area contributed by atoms with Gasteiger partial charge in [-0.2, -0.15) is 0 Å². The van der Waals surface area contributed by atoms with Crippen LogP contribution in [0.15, 0.2) is 36.4 Å². The number of Topliss-reactive ketones (excluding diaryl/α,β-unsaturated/α-hetero) is 1. The van der Waals surface area contributed by atoms with Gasteiger partial charge < -0.3 is 9.64 Å². The summed E-state index contributed by atoms with van der Waals surface area (Å²) in [6.07, 6.45) is 0.983. The van der Waals surface area contributed by atoms with Crippen molar-refractivity contribution in [3.63, 3.8) is 0 Å². The Morgan fingerprint density at radius 2 is 2.09 bits per heavy atom. The number of carbonyl (C=O) groups excluding carboxylic acids is 2. The lowest BCUT2D eigenvalue weighted by molar-refractivity contribution is 0.0429. The van der Waals surface area contributed by atoms with Crippen molar-refractivity contribution in [2.45, 2.75) is 18.4 Å². The molecule has 0 radical (unpaired) electrons. The van der Waals surface area contributed by atoms with Crippen molar-refractivity contribution < 1.29 is 14.3 Å². The van der Waals surface area contributed by atoms with Crippen molar-refractivity contribution in [3.05, 3.63) is 51.2 Å². The Labute approximate surface area is 142 Å². The Kier molecular flexibility index (Phi) is 3.43. The number of thiophene rings is 1. The predicted molar refractivity (Wildman–Crippen MR) is 88.6 cm³/mol. The van der Waals surface area contributed by atoms with Gasteiger partial charge in [0, 0.05) is 13.0 Å². The molecule has 1 unspecified atom stereocenters. The number of halogens is 1. The summed E-state index contributed by atoms with van der Waals surface area (Å²) < 4.78 is 6.73. The Morgan fingerprint density at radius 3 is 2.87 bits per heavy atom. The van der Waals surface area contributed by atoms with Crippen LogP contribution in [0.4, 0.5) is 0 Å². The summed E-state index contributed by atoms with van der Waals surface area (Å²) >= 11 is 7.18. The summed E-state index contributed by atoms with van der Waals surface area (Å²) in [5.41, 5.74) is 0.0373. The predicted octanol–water partition coefficient (Wildman–Crippen LogP) is 3.65. The molecule has 1 aromatic heterocycles. The van der Waals surface area contributed by atoms with E-state index in [2.05, 4.69) is 0 Å². The fraction of sp³-hybridized carbons (Fsp3) is 0.294. The third-order valence-electron chi connectivity index (χ3n) is 4.38. The van der Waals surface area contributed by atoms with Gasteiger partial charge in [-0.3, -0.25) is 9.59 Å². The van der Waals surface area contributed by atoms with E-state index in [1.807, 2.05) is 18.2 Å². The van der Waals surface area contributed by atoms with Gasteiger partial charge >= 0.3 is 0 Å². The van der Waals surface area contributed by atoms with Gasteiger partial charge in [0.1, 0.15) is 11.4 Å². The van der Waals surface area contributed by atoms with E-state index in [9.17, 15) is 9.59 Å². The second-order valence-electron chi connectivity index (χ2n) is 5.96. The zero-order valence-electron chi connectivity index (χ0n) is 12.3. The number of nitrogens with zero attached hydrogens (tertiary/aromatic N) is 1. The minimum Gasteiger partial charge on any atom is -0.484 e. The molecule has 0 N–H and O–H groups in total. The molecule has 0 saturated carbocycles. The molecule has 2 aliphatic rings. The fourth-order valence-electron chi connectivity index (χ4n) is 3.27. The van der Waals surface area contributed by atoms with E-state index in [1.54, 1.807) is 23.1 Å². The number of amides is 1. The molecule has 6 heteroatoms. The molecule has 0 bridgehead atoms. The second kappa shape index (κ2) is 5.35. The molecule has 1 atom stereocenters. The van der Waals surface area contributed by atoms with E-state index in [4.69, 9.17) is 16.3 Å². The van der Waals surface area contributed by atoms with Crippen LogP contribution in [0.25, 0.3) is 0 Å². The van der Waals surface area contributed by atoms with Gasteiger partial charge in [-0.1, -0.05) is 23.7 Å². The molecular formula is C17H14ClNO3S. The molecule has 1 saturated heterocycles. The zero-order valence-corrected chi connectivity index (χ0v) is 13.8. The van der Waals surface area contributed by atoms with Gasteiger partial charge in [0.2, 0.25) is 0 Å². The summed E-state index contributed by atoms with van der Waals surface area (Å²) in [6, 6.07) is 10.8. The lowest BCUT2D eigenvalue weighted by Gasteiger charge is -2.34. The van der Waals surface area contributed by atoms with Crippen LogP contribution in [0, 0.1) is 0 Å². The van der Waals surface area contributed by atoms with Crippen molar-refractivity contribution in [1.29, 1.82) is 0 Å². The van der Waals surface area contributed by atoms with Gasteiger partial charge in [-0.15, -0.1) is 11.3 Å². The number of para-hydroxylation sites is 1. The Hall–Kier alpha value is -1.85. The molecule has 1 amide bonds. The van der Waals surface area contributed by atoms with E-state index < -0.39 is 5.60 Å². The first-order valence-corrected chi connectivity index (χ1v) is 8.62. The third kappa shape index (κ3) is 2.54. The van der Waals surface area contributed by atoms with Crippen molar-refractivity contribution in [2.75, 3.05) is 13.1 Å². The lowest BCUT2D eigenvalue weighted by Crippen LogP contribution is -2.45. The van der Waals surface area contributed by atoms with E-state index >= 15 is 0 Å². The van der Waals surface area contributed by atoms with E-state index in [0.717, 1.165) is 0 Å². The third-order valence-corrected chi connectivity index (χ3v) is 5.60. The maximum Gasteiger partial charge on any atom is 0.264 e. The first kappa shape index (κ1) is 14.7. The lowest BCUT2D eigenvalue weighted by atomic mass is 9.89. The topological polar surface area (TPSA) is 46.6 Å². The fourth-order valence-corrected chi connectivity index (χ4v) is 4.28. The van der Waals surface area contributed by atoms with Gasteiger partial charge in [-0.25, -0.2) is 0 Å². The van der Waals surface area contributed by atoms with E-state index in [-0.39, 0.29) is 11.7 Å². The van der Waals surface area contributed by atoms with Gasteiger partial charge in [0.05, 0.1) is 27.7 Å². The molecule has 1 fully saturated rings. The molecule has 0 aliphatic carbocycles. The van der Waals surface area contributed by atoms with Crippen LogP contribution in [-0.4, -0.2) is 35.3 Å². The van der Waals surface area contributed by atoms with Crippen molar-refractivity contribution in [1.82, 2.24) is 4.90 Å². The monoisotopic (exact) mass is 347 g/mol. The van der Waals surface area contributed by atoms with Crippen molar-refractivity contribution in [3.8, 4) is 5.75 Å². The first-order valence-electron chi connectivity index (χ1n) is 7.42. The standard InChI is InChI=1S/C17H14ClNO3S/c18-15-6-5-14(23-15)16(21)19-8-7-17(10-19)9-12(20)11-3-1-2-4-13(11)22-17/h1-6H,7-10H2. The smallest absolute Gasteiger partial charge is 0.264 e. The minimum absolute atomic E-state index is 0.0475. The number of ether oxygens (including phenoxy) is 1. The molecule has 23 heavy (non-hydrogen) atoms. The highest BCUT2D eigenvalue weighted by Crippen LogP contribution is 2.39. The van der Waals surface area contributed by atoms with Crippen LogP contribution in [0.1, 0.15) is 32.9 Å². The molecule has 2 aromatic rings. The molecule has 2 aliphatic heterocycles. The van der Waals surface area contributed by atoms with E-state index in [0.29, 0.717) is 46.5 Å². The summed E-state index contributed by atoms with van der Waals surface area (Å²) in [4.78, 5) is 27.3. The number of hydrogen-bond donors (Lipinski definition) is 0. The Bertz CT molecular complexity index is 803. The molecule has 1 spiro atoms. The number of rotatable bonds is 1. The van der Waals surface area contributed by atoms with Crippen LogP contribution in [0.2, 0.25) is 4.34 Å². The van der Waals surface area contributed by atoms with E-state index in [1.165, 1.54) is 11.3 Å². The van der Waals surface area contributed by atoms with Gasteiger partial charge in [0.25, 0.3) is 5.91 Å². The first-order chi connectivity index (χ1) is 11.1. The molecule has 3 heterocycles. The van der Waals surface area contributed by atoms with Gasteiger partial charge in [0.15, 0.2) is 5.78 Å². The van der Waals surface area contributed by atoms with Crippen LogP contribution in [0.3, 0.4) is 0 Å². The average Bonchev–Trinajstić information content (AvgIpc) is 3.14. The maximum atomic E-state index is 12.6. The Balaban J connectivity index is 1.56. The summed E-state index contributed by atoms with van der Waals surface area (Å²) in [5, 5.41) is 0. The number of carbonyl (C=O) groups is 2. The number of fused-ring (bicyclic) bond motifs is 1. The SMILES string of the molecule is O=C1CC2(CCN(C(=O)c3ccc(Cl)s3)C2)Oc2ccccc21. The molecule has 1 aromatic carbocycles. The normalized spacial score (nSPS) is 23.0. The quantitative estimate of drug-likeness (QED) is 0.791. The van der Waals surface area contributed by atoms with Crippen LogP contribution in [-0.2, 0) is 0 Å². The number of benzene rings is 1. The van der Waals surface area contributed by atoms with Crippen LogP contribution >= 0.6 is 22.9 Å². The average molecular weight is 348 g/mol. The highest BCUT2D eigenvalue weighted by molar-refractivity contribution is 7.17. The highest BCUT2D eigenvalue weighted by atomic mass is 35.5. The highest BCUT2D eigenvalue weighted by Gasteiger charge is 2.47. The van der Waals surface area contributed by atoms with Crippen LogP contribution < -0.4 is 4.74 Å². The van der Waals surface area contributed by atoms with Crippen molar-refractivity contribution >= 4 is 34.6 Å². The number of ketones is 1. The van der Waals surface area contributed by atoms with Crippen LogP contribution in [0.5, 0.6) is 5.75 Å². The largest absolute Gasteiger partial charge is 0.484 e. The molecule has 118 valence electrons. The number of hydrogen-bond acceptors (Lipinski definition) is 4. The zero-order chi connectivity index (χ0) is 16.0. The van der Waals surface area contributed by atoms with Crippen molar-refractivity contribution in [2.24, 2.45) is 0 Å². The minimum atomic E-state index is -0.595. The number of likely N-dealkylation sites (tertiary alicyclic amines) is 1. The second-order valence-corrected chi connectivity index (χ2v) is 7.68. The molecular weight excluding hydrogens is 334 g/mol. The summed E-state index contributed by atoms with van der Waals surface area (Å²) in [5.74, 6) is 0.659. The maximum absolute atomic E-state index is 12.6. The summed E-state index contributed by atoms with van der Waals surface area (Å²) in [7, 11) is 0.